The van der Waals surface area contributed by atoms with Crippen LogP contribution in [-0.2, 0) is 38.3 Å². The number of amides is 2. The summed E-state index contributed by atoms with van der Waals surface area (Å²) in [6.07, 6.45) is -0.382. The first-order chi connectivity index (χ1) is 22.3. The van der Waals surface area contributed by atoms with E-state index < -0.39 is 41.9 Å². The highest BCUT2D eigenvalue weighted by molar-refractivity contribution is 6.06. The molecular weight excluding hydrogens is 586 g/mol. The van der Waals surface area contributed by atoms with Crippen LogP contribution in [0.3, 0.4) is 0 Å². The van der Waals surface area contributed by atoms with E-state index in [1.165, 1.54) is 0 Å². The van der Waals surface area contributed by atoms with E-state index in [4.69, 9.17) is 19.9 Å². The second kappa shape index (κ2) is 13.8. The van der Waals surface area contributed by atoms with Crippen molar-refractivity contribution in [1.82, 2.24) is 10.6 Å². The van der Waals surface area contributed by atoms with Gasteiger partial charge in [0.15, 0.2) is 5.78 Å². The Kier molecular flexibility index (Phi) is 9.37. The van der Waals surface area contributed by atoms with Crippen molar-refractivity contribution in [2.75, 3.05) is 13.2 Å². The van der Waals surface area contributed by atoms with Gasteiger partial charge in [0.05, 0.1) is 31.3 Å². The van der Waals surface area contributed by atoms with Crippen LogP contribution in [0.4, 0.5) is 9.59 Å². The number of alkyl carbamates (subject to hydrolysis) is 1. The number of fused-ring (bicyclic) bond motifs is 1. The third-order valence-corrected chi connectivity index (χ3v) is 9.12. The fraction of sp³-hybridized carbons (Fsp3) is 0.361. The lowest BCUT2D eigenvalue weighted by atomic mass is 9.76. The summed E-state index contributed by atoms with van der Waals surface area (Å²) in [4.78, 5) is 39.6. The van der Waals surface area contributed by atoms with E-state index in [0.29, 0.717) is 38.0 Å². The molecule has 0 bridgehead atoms. The Morgan fingerprint density at radius 1 is 1.00 bits per heavy atom. The molecule has 0 aromatic heterocycles. The zero-order valence-electron chi connectivity index (χ0n) is 25.5. The van der Waals surface area contributed by atoms with Crippen LogP contribution in [0, 0.1) is 0 Å². The van der Waals surface area contributed by atoms with Crippen molar-refractivity contribution < 1.29 is 33.7 Å². The number of carbonyl (C=O) groups excluding carboxylic acids is 3. The maximum atomic E-state index is 14.7. The van der Waals surface area contributed by atoms with Crippen molar-refractivity contribution >= 4 is 18.0 Å². The zero-order chi connectivity index (χ0) is 32.1. The first-order valence-electron chi connectivity index (χ1n) is 15.7. The molecule has 0 unspecified atom stereocenters. The van der Waals surface area contributed by atoms with E-state index in [1.54, 1.807) is 6.20 Å². The van der Waals surface area contributed by atoms with Crippen molar-refractivity contribution in [3.8, 4) is 0 Å². The minimum absolute atomic E-state index is 0.0131. The number of benzene rings is 3. The number of Topliss-reactive ketones (excluding diaryl/α,β-unsaturated/α-hetero) is 1. The Morgan fingerprint density at radius 3 is 2.39 bits per heavy atom. The molecule has 0 saturated carbocycles. The molecule has 46 heavy (non-hydrogen) atoms. The lowest BCUT2D eigenvalue weighted by Gasteiger charge is -2.35. The van der Waals surface area contributed by atoms with Gasteiger partial charge in [0.1, 0.15) is 17.7 Å². The lowest BCUT2D eigenvalue weighted by molar-refractivity contribution is -0.122. The first-order valence-corrected chi connectivity index (χ1v) is 15.7. The van der Waals surface area contributed by atoms with Gasteiger partial charge in [0.2, 0.25) is 0 Å². The number of hydrogen-bond donors (Lipinski definition) is 4. The van der Waals surface area contributed by atoms with Crippen LogP contribution in [-0.4, -0.2) is 66.2 Å². The molecule has 10 heteroatoms. The predicted octanol–water partition coefficient (Wildman–Crippen LogP) is 3.71. The van der Waals surface area contributed by atoms with Gasteiger partial charge in [-0.1, -0.05) is 84.9 Å². The Morgan fingerprint density at radius 2 is 1.70 bits per heavy atom. The first kappa shape index (κ1) is 31.3. The van der Waals surface area contributed by atoms with Gasteiger partial charge in [-0.2, -0.15) is 0 Å². The van der Waals surface area contributed by atoms with Crippen LogP contribution in [0.5, 0.6) is 0 Å². The topological polar surface area (TPSA) is 149 Å². The number of aliphatic hydroxyl groups is 1. The predicted molar refractivity (Wildman–Crippen MR) is 170 cm³/mol. The minimum atomic E-state index is -1.25. The highest BCUT2D eigenvalue weighted by atomic mass is 16.6. The van der Waals surface area contributed by atoms with Crippen molar-refractivity contribution in [1.29, 1.82) is 0 Å². The van der Waals surface area contributed by atoms with E-state index in [2.05, 4.69) is 10.6 Å². The number of ether oxygens (including phenoxy) is 3. The van der Waals surface area contributed by atoms with Crippen molar-refractivity contribution in [2.24, 2.45) is 5.73 Å². The highest BCUT2D eigenvalue weighted by Gasteiger charge is 2.51. The second-order valence-electron chi connectivity index (χ2n) is 12.3. The molecule has 10 nitrogen and oxygen atoms in total. The van der Waals surface area contributed by atoms with Gasteiger partial charge in [0.25, 0.3) is 0 Å². The number of carbonyl (C=O) groups is 3. The van der Waals surface area contributed by atoms with Crippen LogP contribution in [0.15, 0.2) is 96.7 Å². The Hall–Kier alpha value is -4.67. The van der Waals surface area contributed by atoms with E-state index in [1.807, 2.05) is 84.9 Å². The smallest absolute Gasteiger partial charge is 0.407 e. The standard InChI is InChI=1S/C36H39N3O7/c37-34(42)46-31-18-25-13-7-8-14-27(25)32(31)28-21-38-36(33(28)41,19-24-11-5-2-6-12-24)20-30(40)29(17-23-9-3-1-4-10-23)39-35(43)45-26-15-16-44-22-26/h1-14,21,26,29-32,38,40H,15-20,22H2,(H2,37,42)(H,39,43)/t26-,29-,30-,31+,32+,36-/m0/s1. The number of ketones is 1. The van der Waals surface area contributed by atoms with Crippen molar-refractivity contribution in [2.45, 2.75) is 67.9 Å². The maximum absolute atomic E-state index is 14.7. The Balaban J connectivity index is 1.29. The second-order valence-corrected chi connectivity index (χ2v) is 12.3. The van der Waals surface area contributed by atoms with Gasteiger partial charge in [-0.15, -0.1) is 0 Å². The van der Waals surface area contributed by atoms with Crippen LogP contribution in [0.1, 0.15) is 41.0 Å². The molecule has 1 aliphatic carbocycles. The third kappa shape index (κ3) is 6.93. The average Bonchev–Trinajstić information content (AvgIpc) is 3.76. The summed E-state index contributed by atoms with van der Waals surface area (Å²) in [6.45, 7) is 0.854. The molecule has 2 aliphatic heterocycles. The number of hydrogen-bond acceptors (Lipinski definition) is 8. The largest absolute Gasteiger partial charge is 0.445 e. The fourth-order valence-electron chi connectivity index (χ4n) is 6.93. The summed E-state index contributed by atoms with van der Waals surface area (Å²) in [5.74, 6) is -0.736. The monoisotopic (exact) mass is 625 g/mol. The van der Waals surface area contributed by atoms with Gasteiger partial charge < -0.3 is 35.7 Å². The molecule has 2 amide bonds. The summed E-state index contributed by atoms with van der Waals surface area (Å²) < 4.78 is 16.4. The number of primary amides is 1. The van der Waals surface area contributed by atoms with Crippen LogP contribution in [0.2, 0.25) is 0 Å². The van der Waals surface area contributed by atoms with E-state index in [0.717, 1.165) is 22.3 Å². The van der Waals surface area contributed by atoms with E-state index in [9.17, 15) is 19.5 Å². The summed E-state index contributed by atoms with van der Waals surface area (Å²) >= 11 is 0. The molecule has 6 atom stereocenters. The molecule has 6 rings (SSSR count). The van der Waals surface area contributed by atoms with Gasteiger partial charge in [-0.05, 0) is 28.7 Å². The SMILES string of the molecule is NC(=O)O[C@@H]1Cc2ccccc2[C@@H]1C1=CN[C@@](Cc2ccccc2)(C[C@H](O)[C@H](Cc2ccccc2)NC(=O)O[C@H]2CCOC2)C1=O. The van der Waals surface area contributed by atoms with Gasteiger partial charge in [0, 0.05) is 37.5 Å². The number of aliphatic hydroxyl groups excluding tert-OH is 1. The van der Waals surface area contributed by atoms with Crippen LogP contribution in [0.25, 0.3) is 0 Å². The minimum Gasteiger partial charge on any atom is -0.445 e. The number of nitrogens with one attached hydrogen (secondary N) is 2. The van der Waals surface area contributed by atoms with Gasteiger partial charge >= 0.3 is 12.2 Å². The summed E-state index contributed by atoms with van der Waals surface area (Å²) in [5.41, 5.74) is 8.33. The van der Waals surface area contributed by atoms with Crippen LogP contribution >= 0.6 is 0 Å². The highest BCUT2D eigenvalue weighted by Crippen LogP contribution is 2.44. The molecule has 0 radical (unpaired) electrons. The Labute approximate surface area is 267 Å². The maximum Gasteiger partial charge on any atom is 0.407 e. The normalized spacial score (nSPS) is 24.8. The molecule has 3 aliphatic rings. The van der Waals surface area contributed by atoms with Gasteiger partial charge in [-0.25, -0.2) is 9.59 Å². The molecule has 5 N–H and O–H groups in total. The van der Waals surface area contributed by atoms with Crippen molar-refractivity contribution in [3.63, 3.8) is 0 Å². The molecule has 2 heterocycles. The molecule has 3 aromatic rings. The molecule has 3 aromatic carbocycles. The lowest BCUT2D eigenvalue weighted by Crippen LogP contribution is -2.55. The number of rotatable bonds is 11. The van der Waals surface area contributed by atoms with Crippen molar-refractivity contribution in [3.05, 3.63) is 119 Å². The van der Waals surface area contributed by atoms with E-state index in [-0.39, 0.29) is 24.7 Å². The van der Waals surface area contributed by atoms with E-state index >= 15 is 0 Å². The third-order valence-electron chi connectivity index (χ3n) is 9.12. The summed E-state index contributed by atoms with van der Waals surface area (Å²) in [7, 11) is 0. The molecule has 0 spiro atoms. The fourth-order valence-corrected chi connectivity index (χ4v) is 6.93. The summed E-state index contributed by atoms with van der Waals surface area (Å²) in [5, 5.41) is 18.1. The zero-order valence-corrected chi connectivity index (χ0v) is 25.5. The van der Waals surface area contributed by atoms with Crippen LogP contribution < -0.4 is 16.4 Å². The average molecular weight is 626 g/mol. The number of nitrogens with two attached hydrogens (primary N) is 1. The van der Waals surface area contributed by atoms with Gasteiger partial charge in [-0.3, -0.25) is 4.79 Å². The molecule has 1 saturated heterocycles. The molecule has 1 fully saturated rings. The Bertz CT molecular complexity index is 1570. The summed E-state index contributed by atoms with van der Waals surface area (Å²) in [6, 6.07) is 26.0. The molecular formula is C36H39N3O7. The quantitative estimate of drug-likeness (QED) is 0.252. The molecule has 240 valence electrons.